The van der Waals surface area contributed by atoms with Crippen molar-refractivity contribution in [3.8, 4) is 0 Å². The number of carbonyl (C=O) groups excluding carboxylic acids is 1. The number of imidazole rings is 1. The summed E-state index contributed by atoms with van der Waals surface area (Å²) in [7, 11) is -3.69. The van der Waals surface area contributed by atoms with Crippen molar-refractivity contribution in [1.82, 2.24) is 24.7 Å². The van der Waals surface area contributed by atoms with Crippen LogP contribution in [-0.4, -0.2) is 58.9 Å². The van der Waals surface area contributed by atoms with Gasteiger partial charge in [-0.25, -0.2) is 13.4 Å². The van der Waals surface area contributed by atoms with Gasteiger partial charge in [-0.3, -0.25) is 4.79 Å². The molecule has 0 unspecified atom stereocenters. The Morgan fingerprint density at radius 2 is 2.03 bits per heavy atom. The molecule has 0 saturated carbocycles. The lowest BCUT2D eigenvalue weighted by Crippen LogP contribution is -2.44. The fourth-order valence-corrected chi connectivity index (χ4v) is 6.50. The summed E-state index contributed by atoms with van der Waals surface area (Å²) in [5, 5.41) is 6.93. The average Bonchev–Trinajstić information content (AvgIpc) is 3.39. The third kappa shape index (κ3) is 4.95. The third-order valence-electron chi connectivity index (χ3n) is 6.06. The maximum atomic E-state index is 13.1. The molecule has 0 spiro atoms. The van der Waals surface area contributed by atoms with Gasteiger partial charge in [-0.15, -0.1) is 0 Å². The Kier molecular flexibility index (Phi) is 7.10. The number of piperidine rings is 1. The molecule has 3 heterocycles. The number of benzene rings is 1. The number of hydrogen-bond donors (Lipinski definition) is 2. The van der Waals surface area contributed by atoms with Gasteiger partial charge in [-0.05, 0) is 57.3 Å². The molecule has 2 N–H and O–H groups in total. The first-order valence-electron chi connectivity index (χ1n) is 11.0. The maximum Gasteiger partial charge on any atom is 0.248 e. The number of hydrogen-bond acceptors (Lipinski definition) is 7. The van der Waals surface area contributed by atoms with Crippen molar-refractivity contribution in [2.45, 2.75) is 44.0 Å². The number of amides is 1. The highest BCUT2D eigenvalue weighted by molar-refractivity contribution is 7.98. The molecule has 1 aliphatic heterocycles. The van der Waals surface area contributed by atoms with Crippen LogP contribution in [0.3, 0.4) is 0 Å². The van der Waals surface area contributed by atoms with Crippen LogP contribution in [0.5, 0.6) is 0 Å². The minimum absolute atomic E-state index is 0.0593. The predicted molar refractivity (Wildman–Crippen MR) is 127 cm³/mol. The second-order valence-electron chi connectivity index (χ2n) is 8.31. The van der Waals surface area contributed by atoms with Crippen molar-refractivity contribution in [3.63, 3.8) is 0 Å². The Labute approximate surface area is 197 Å². The lowest BCUT2D eigenvalue weighted by Gasteiger charge is -2.31. The van der Waals surface area contributed by atoms with Gasteiger partial charge in [0.15, 0.2) is 5.76 Å². The molecule has 33 heavy (non-hydrogen) atoms. The molecule has 0 radical (unpaired) electrons. The van der Waals surface area contributed by atoms with Crippen LogP contribution in [0.25, 0.3) is 11.0 Å². The number of H-pyrrole nitrogens is 1. The minimum Gasteiger partial charge on any atom is -0.360 e. The van der Waals surface area contributed by atoms with E-state index in [1.165, 1.54) is 4.31 Å². The molecule has 4 rings (SSSR count). The lowest BCUT2D eigenvalue weighted by molar-refractivity contribution is -0.127. The molecule has 1 saturated heterocycles. The number of nitrogens with one attached hydrogen (secondary N) is 2. The largest absolute Gasteiger partial charge is 0.360 e. The van der Waals surface area contributed by atoms with E-state index in [2.05, 4.69) is 20.4 Å². The highest BCUT2D eigenvalue weighted by atomic mass is 32.2. The Morgan fingerprint density at radius 1 is 1.30 bits per heavy atom. The van der Waals surface area contributed by atoms with Crippen molar-refractivity contribution < 1.29 is 17.7 Å². The van der Waals surface area contributed by atoms with Crippen LogP contribution < -0.4 is 5.32 Å². The average molecular weight is 492 g/mol. The number of aromatic nitrogens is 3. The van der Waals surface area contributed by atoms with E-state index in [-0.39, 0.29) is 41.6 Å². The first kappa shape index (κ1) is 23.8. The molecule has 2 aromatic heterocycles. The molecule has 178 valence electrons. The fraction of sp³-hybridized carbons (Fsp3) is 0.500. The SMILES string of the molecule is CSCC[C@@H](NC(=O)C1CCN(S(=O)(=O)c2c(C)noc2C)CC1)c1nc2ccccc2[nH]1. The number of fused-ring (bicyclic) bond motifs is 1. The Balaban J connectivity index is 1.42. The normalized spacial score (nSPS) is 16.8. The van der Waals surface area contributed by atoms with E-state index in [9.17, 15) is 13.2 Å². The van der Waals surface area contributed by atoms with Crippen molar-refractivity contribution in [2.75, 3.05) is 25.1 Å². The summed E-state index contributed by atoms with van der Waals surface area (Å²) in [6.07, 6.45) is 3.71. The number of aryl methyl sites for hydroxylation is 2. The molecule has 3 aromatic rings. The van der Waals surface area contributed by atoms with Gasteiger partial charge < -0.3 is 14.8 Å². The minimum atomic E-state index is -3.69. The highest BCUT2D eigenvalue weighted by Gasteiger charge is 2.36. The number of carbonyl (C=O) groups is 1. The molecule has 1 amide bonds. The van der Waals surface area contributed by atoms with E-state index in [1.54, 1.807) is 25.6 Å². The third-order valence-corrected chi connectivity index (χ3v) is 8.84. The van der Waals surface area contributed by atoms with Gasteiger partial charge in [0.05, 0.1) is 17.1 Å². The van der Waals surface area contributed by atoms with Crippen molar-refractivity contribution in [1.29, 1.82) is 0 Å². The van der Waals surface area contributed by atoms with Crippen LogP contribution in [0.4, 0.5) is 0 Å². The van der Waals surface area contributed by atoms with Crippen molar-refractivity contribution >= 4 is 38.7 Å². The second kappa shape index (κ2) is 9.86. The predicted octanol–water partition coefficient (Wildman–Crippen LogP) is 3.18. The number of sulfonamides is 1. The molecule has 11 heteroatoms. The maximum absolute atomic E-state index is 13.1. The quantitative estimate of drug-likeness (QED) is 0.496. The Bertz CT molecular complexity index is 1180. The van der Waals surface area contributed by atoms with E-state index in [4.69, 9.17) is 4.52 Å². The molecular weight excluding hydrogens is 462 g/mol. The van der Waals surface area contributed by atoms with Crippen LogP contribution in [-0.2, 0) is 14.8 Å². The second-order valence-corrected chi connectivity index (χ2v) is 11.2. The van der Waals surface area contributed by atoms with E-state index in [0.29, 0.717) is 18.5 Å². The topological polar surface area (TPSA) is 121 Å². The first-order chi connectivity index (χ1) is 15.8. The van der Waals surface area contributed by atoms with Crippen LogP contribution >= 0.6 is 11.8 Å². The lowest BCUT2D eigenvalue weighted by atomic mass is 9.96. The van der Waals surface area contributed by atoms with Crippen molar-refractivity contribution in [2.24, 2.45) is 5.92 Å². The van der Waals surface area contributed by atoms with Crippen LogP contribution in [0.2, 0.25) is 0 Å². The van der Waals surface area contributed by atoms with Crippen LogP contribution in [0, 0.1) is 19.8 Å². The fourth-order valence-electron chi connectivity index (χ4n) is 4.27. The summed E-state index contributed by atoms with van der Waals surface area (Å²) < 4.78 is 32.6. The Hall–Kier alpha value is -2.37. The van der Waals surface area contributed by atoms with Crippen LogP contribution in [0.1, 0.15) is 42.6 Å². The summed E-state index contributed by atoms with van der Waals surface area (Å²) in [5.74, 6) is 1.61. The summed E-state index contributed by atoms with van der Waals surface area (Å²) in [6.45, 7) is 3.78. The van der Waals surface area contributed by atoms with Gasteiger partial charge in [0.2, 0.25) is 15.9 Å². The Morgan fingerprint density at radius 3 is 2.67 bits per heavy atom. The number of rotatable bonds is 8. The highest BCUT2D eigenvalue weighted by Crippen LogP contribution is 2.28. The molecule has 1 aromatic carbocycles. The summed E-state index contributed by atoms with van der Waals surface area (Å²) in [6, 6.07) is 7.57. The standard InChI is InChI=1S/C22H29N5O4S2/c1-14-20(15(2)31-26-14)33(29,30)27-11-8-16(9-12-27)22(28)25-19(10-13-32-3)21-23-17-6-4-5-7-18(17)24-21/h4-7,16,19H,8-13H2,1-3H3,(H,23,24)(H,25,28)/t19-/m1/s1. The van der Waals surface area contributed by atoms with E-state index >= 15 is 0 Å². The molecule has 0 bridgehead atoms. The smallest absolute Gasteiger partial charge is 0.248 e. The van der Waals surface area contributed by atoms with Gasteiger partial charge in [-0.2, -0.15) is 16.1 Å². The van der Waals surface area contributed by atoms with Gasteiger partial charge in [0.1, 0.15) is 16.4 Å². The summed E-state index contributed by atoms with van der Waals surface area (Å²) in [5.41, 5.74) is 2.16. The van der Waals surface area contributed by atoms with Gasteiger partial charge >= 0.3 is 0 Å². The van der Waals surface area contributed by atoms with E-state index in [0.717, 1.165) is 29.0 Å². The zero-order valence-corrected chi connectivity index (χ0v) is 20.6. The van der Waals surface area contributed by atoms with Gasteiger partial charge in [-0.1, -0.05) is 17.3 Å². The number of thioether (sulfide) groups is 1. The molecular formula is C22H29N5O4S2. The number of nitrogens with zero attached hydrogens (tertiary/aromatic N) is 3. The van der Waals surface area contributed by atoms with Crippen LogP contribution in [0.15, 0.2) is 33.7 Å². The monoisotopic (exact) mass is 491 g/mol. The number of para-hydroxylation sites is 2. The molecule has 0 aliphatic carbocycles. The van der Waals surface area contributed by atoms with E-state index < -0.39 is 10.0 Å². The zero-order chi connectivity index (χ0) is 23.6. The summed E-state index contributed by atoms with van der Waals surface area (Å²) >= 11 is 1.72. The molecule has 1 atom stereocenters. The van der Waals surface area contributed by atoms with Gasteiger partial charge in [0.25, 0.3) is 0 Å². The van der Waals surface area contributed by atoms with Crippen molar-refractivity contribution in [3.05, 3.63) is 41.5 Å². The van der Waals surface area contributed by atoms with E-state index in [1.807, 2.05) is 30.5 Å². The number of aromatic amines is 1. The summed E-state index contributed by atoms with van der Waals surface area (Å²) in [4.78, 5) is 21.2. The molecule has 1 fully saturated rings. The zero-order valence-electron chi connectivity index (χ0n) is 19.0. The molecule has 9 nitrogen and oxygen atoms in total. The molecule has 1 aliphatic rings. The first-order valence-corrected chi connectivity index (χ1v) is 13.8. The van der Waals surface area contributed by atoms with Gasteiger partial charge in [0, 0.05) is 19.0 Å².